The topological polar surface area (TPSA) is 52.3 Å². The molecule has 1 unspecified atom stereocenters. The quantitative estimate of drug-likeness (QED) is 0.523. The van der Waals surface area contributed by atoms with E-state index in [-0.39, 0.29) is 11.5 Å². The zero-order valence-electron chi connectivity index (χ0n) is 15.6. The number of nitrogens with zero attached hydrogens (tertiary/aromatic N) is 1. The lowest BCUT2D eigenvalue weighted by Gasteiger charge is -2.48. The summed E-state index contributed by atoms with van der Waals surface area (Å²) in [5.41, 5.74) is 1.96. The molecule has 0 N–H and O–H groups in total. The van der Waals surface area contributed by atoms with Gasteiger partial charge in [0.15, 0.2) is 0 Å². The number of fused-ring (bicyclic) bond motifs is 3. The third-order valence-electron chi connectivity index (χ3n) is 6.85. The van der Waals surface area contributed by atoms with Gasteiger partial charge >= 0.3 is 0 Å². The third kappa shape index (κ3) is 3.10. The van der Waals surface area contributed by atoms with Crippen molar-refractivity contribution in [1.82, 2.24) is 5.16 Å². The van der Waals surface area contributed by atoms with Gasteiger partial charge in [0.25, 0.3) is 0 Å². The van der Waals surface area contributed by atoms with Gasteiger partial charge in [0, 0.05) is 17.0 Å². The predicted molar refractivity (Wildman–Crippen MR) is 108 cm³/mol. The van der Waals surface area contributed by atoms with Gasteiger partial charge in [-0.3, -0.25) is 0 Å². The van der Waals surface area contributed by atoms with Crippen molar-refractivity contribution >= 4 is 29.5 Å². The van der Waals surface area contributed by atoms with Crippen molar-refractivity contribution in [3.05, 3.63) is 39.6 Å². The molecule has 6 rings (SSSR count). The number of carbonyl (C=O) groups is 1. The molecule has 1 heterocycles. The summed E-state index contributed by atoms with van der Waals surface area (Å²) in [5, 5.41) is 5.42. The minimum Gasteiger partial charge on any atom is -0.372 e. The fourth-order valence-corrected chi connectivity index (χ4v) is 5.55. The lowest BCUT2D eigenvalue weighted by Crippen LogP contribution is -2.48. The van der Waals surface area contributed by atoms with Gasteiger partial charge in [-0.15, -0.1) is 0 Å². The summed E-state index contributed by atoms with van der Waals surface area (Å²) in [7, 11) is 0. The van der Waals surface area contributed by atoms with Crippen LogP contribution in [0.3, 0.4) is 0 Å². The van der Waals surface area contributed by atoms with Crippen molar-refractivity contribution < 1.29 is 14.1 Å². The van der Waals surface area contributed by atoms with Gasteiger partial charge in [0.05, 0.1) is 28.2 Å². The molecular weight excluding hydrogens is 397 g/mol. The van der Waals surface area contributed by atoms with Crippen molar-refractivity contribution in [1.29, 1.82) is 0 Å². The molecule has 4 aliphatic rings. The highest BCUT2D eigenvalue weighted by atomic mass is 35.5. The average molecular weight is 420 g/mol. The summed E-state index contributed by atoms with van der Waals surface area (Å²) in [5.74, 6) is 1.95. The van der Waals surface area contributed by atoms with Crippen molar-refractivity contribution in [2.45, 2.75) is 63.6 Å². The maximum Gasteiger partial charge on any atom is 0.145 e. The maximum atomic E-state index is 11.9. The molecule has 4 fully saturated rings. The van der Waals surface area contributed by atoms with Crippen LogP contribution < -0.4 is 0 Å². The molecule has 0 amide bonds. The molecule has 28 heavy (non-hydrogen) atoms. The number of hydrogen-bond acceptors (Lipinski definition) is 4. The van der Waals surface area contributed by atoms with Gasteiger partial charge in [-0.05, 0) is 63.0 Å². The maximum absolute atomic E-state index is 11.9. The summed E-state index contributed by atoms with van der Waals surface area (Å²) in [6, 6.07) is 5.43. The highest BCUT2D eigenvalue weighted by Gasteiger charge is 2.48. The van der Waals surface area contributed by atoms with Crippen molar-refractivity contribution in [2.24, 2.45) is 11.3 Å². The van der Waals surface area contributed by atoms with Crippen LogP contribution in [0.25, 0.3) is 11.3 Å². The first-order chi connectivity index (χ1) is 13.6. The van der Waals surface area contributed by atoms with Gasteiger partial charge in [0.2, 0.25) is 0 Å². The first kappa shape index (κ1) is 18.7. The number of rotatable bonds is 6. The van der Waals surface area contributed by atoms with Crippen LogP contribution in [-0.4, -0.2) is 17.5 Å². The molecule has 6 heteroatoms. The molecular formula is C22H23Cl2NO3. The lowest BCUT2D eigenvalue weighted by atomic mass is 9.59. The Morgan fingerprint density at radius 2 is 1.89 bits per heavy atom. The Kier molecular flexibility index (Phi) is 4.77. The highest BCUT2D eigenvalue weighted by Crippen LogP contribution is 2.51. The fraction of sp³-hybridized carbons (Fsp3) is 0.545. The third-order valence-corrected chi connectivity index (χ3v) is 7.48. The Hall–Kier alpha value is -1.36. The minimum atomic E-state index is -0.326. The number of ether oxygens (including phenoxy) is 1. The first-order valence-electron chi connectivity index (χ1n) is 10.1. The van der Waals surface area contributed by atoms with E-state index in [4.69, 9.17) is 32.5 Å². The smallest absolute Gasteiger partial charge is 0.145 e. The van der Waals surface area contributed by atoms with E-state index in [9.17, 15) is 4.79 Å². The normalized spacial score (nSPS) is 29.2. The van der Waals surface area contributed by atoms with E-state index < -0.39 is 0 Å². The summed E-state index contributed by atoms with van der Waals surface area (Å²) >= 11 is 12.9. The molecule has 0 spiro atoms. The van der Waals surface area contributed by atoms with Crippen molar-refractivity contribution in [2.75, 3.05) is 0 Å². The van der Waals surface area contributed by atoms with Crippen LogP contribution >= 0.6 is 23.2 Å². The molecule has 4 saturated carbocycles. The Balaban J connectivity index is 1.46. The van der Waals surface area contributed by atoms with Gasteiger partial charge in [-0.2, -0.15) is 0 Å². The van der Waals surface area contributed by atoms with Crippen LogP contribution in [0.1, 0.15) is 62.2 Å². The molecule has 1 aromatic carbocycles. The van der Waals surface area contributed by atoms with E-state index in [2.05, 4.69) is 5.16 Å². The molecule has 1 aromatic heterocycles. The Labute approximate surface area is 174 Å². The molecule has 148 valence electrons. The van der Waals surface area contributed by atoms with Crippen LogP contribution in [0.4, 0.5) is 0 Å². The number of benzene rings is 1. The van der Waals surface area contributed by atoms with Gasteiger partial charge in [-0.25, -0.2) is 0 Å². The minimum absolute atomic E-state index is 0.0333. The molecule has 4 aliphatic carbocycles. The summed E-state index contributed by atoms with van der Waals surface area (Å²) in [4.78, 5) is 11.9. The van der Waals surface area contributed by atoms with E-state index >= 15 is 0 Å². The largest absolute Gasteiger partial charge is 0.372 e. The standard InChI is InChI=1S/C22H23Cl2NO3/c23-16-2-1-3-17(24)19(16)20-15(21(28-25-20)14-4-5-14)11-27-18-10-13-6-8-22(18,12-26)9-7-13/h1-3,12-14,18H,4-11H2. The van der Waals surface area contributed by atoms with Crippen LogP contribution in [0.5, 0.6) is 0 Å². The number of aromatic nitrogens is 1. The van der Waals surface area contributed by atoms with E-state index in [1.807, 2.05) is 6.07 Å². The number of aldehydes is 1. The second-order valence-electron chi connectivity index (χ2n) is 8.57. The number of hydrogen-bond donors (Lipinski definition) is 0. The second-order valence-corrected chi connectivity index (χ2v) is 9.39. The number of halogens is 2. The molecule has 1 atom stereocenters. The van der Waals surface area contributed by atoms with Gasteiger partial charge in [0.1, 0.15) is 17.7 Å². The monoisotopic (exact) mass is 419 g/mol. The predicted octanol–water partition coefficient (Wildman–Crippen LogP) is 6.19. The van der Waals surface area contributed by atoms with Crippen LogP contribution in [-0.2, 0) is 16.1 Å². The Morgan fingerprint density at radius 1 is 1.18 bits per heavy atom. The molecule has 2 bridgehead atoms. The van der Waals surface area contributed by atoms with Crippen LogP contribution in [0.15, 0.2) is 22.7 Å². The van der Waals surface area contributed by atoms with E-state index in [1.165, 1.54) is 0 Å². The molecule has 4 nitrogen and oxygen atoms in total. The molecule has 2 aromatic rings. The van der Waals surface area contributed by atoms with Gasteiger partial charge in [-0.1, -0.05) is 34.4 Å². The van der Waals surface area contributed by atoms with Gasteiger partial charge < -0.3 is 14.1 Å². The highest BCUT2D eigenvalue weighted by molar-refractivity contribution is 6.39. The average Bonchev–Trinajstić information content (AvgIpc) is 3.48. The van der Waals surface area contributed by atoms with E-state index in [1.54, 1.807) is 12.1 Å². The Morgan fingerprint density at radius 3 is 2.54 bits per heavy atom. The zero-order valence-corrected chi connectivity index (χ0v) is 17.1. The van der Waals surface area contributed by atoms with Crippen LogP contribution in [0.2, 0.25) is 10.0 Å². The Bertz CT molecular complexity index is 877. The summed E-state index contributed by atoms with van der Waals surface area (Å²) in [6.45, 7) is 0.374. The molecule has 0 radical (unpaired) electrons. The molecule has 0 aliphatic heterocycles. The first-order valence-corrected chi connectivity index (χ1v) is 10.9. The summed E-state index contributed by atoms with van der Waals surface area (Å²) in [6.07, 6.45) is 8.43. The van der Waals surface area contributed by atoms with Crippen LogP contribution in [0, 0.1) is 11.3 Å². The SMILES string of the molecule is O=CC12CCC(CC1)CC2OCc1c(-c2c(Cl)cccc2Cl)noc1C1CC1. The van der Waals surface area contributed by atoms with E-state index in [0.29, 0.717) is 39.7 Å². The zero-order chi connectivity index (χ0) is 19.3. The van der Waals surface area contributed by atoms with Crippen molar-refractivity contribution in [3.8, 4) is 11.3 Å². The second kappa shape index (κ2) is 7.16. The summed E-state index contributed by atoms with van der Waals surface area (Å²) < 4.78 is 12.1. The fourth-order valence-electron chi connectivity index (χ4n) is 4.97. The van der Waals surface area contributed by atoms with Crippen molar-refractivity contribution in [3.63, 3.8) is 0 Å². The lowest BCUT2D eigenvalue weighted by molar-refractivity contribution is -0.146. The molecule has 0 saturated heterocycles. The van der Waals surface area contributed by atoms with E-state index in [0.717, 1.165) is 62.6 Å². The number of carbonyl (C=O) groups excluding carboxylic acids is 1.